The molecule has 1 N–H and O–H groups in total. The van der Waals surface area contributed by atoms with Gasteiger partial charge in [0.1, 0.15) is 5.82 Å². The molecule has 0 amide bonds. The van der Waals surface area contributed by atoms with Crippen molar-refractivity contribution in [2.45, 2.75) is 25.3 Å². The number of rotatable bonds is 2. The van der Waals surface area contributed by atoms with Crippen LogP contribution in [0.4, 0.5) is 10.1 Å². The minimum Gasteiger partial charge on any atom is -0.310 e. The molecule has 0 aliphatic carbocycles. The third-order valence-electron chi connectivity index (χ3n) is 2.88. The summed E-state index contributed by atoms with van der Waals surface area (Å²) in [4.78, 5) is 10.1. The molecule has 2 rings (SSSR count). The number of nitrogens with zero attached hydrogens (tertiary/aromatic N) is 1. The normalized spacial score (nSPS) is 20.7. The highest BCUT2D eigenvalue weighted by Gasteiger charge is 2.20. The fourth-order valence-corrected chi connectivity index (χ4v) is 2.03. The van der Waals surface area contributed by atoms with E-state index in [9.17, 15) is 14.5 Å². The Balaban J connectivity index is 2.30. The van der Waals surface area contributed by atoms with Crippen molar-refractivity contribution in [3.05, 3.63) is 39.7 Å². The van der Waals surface area contributed by atoms with Crippen molar-refractivity contribution in [1.82, 2.24) is 5.32 Å². The average molecular weight is 224 g/mol. The van der Waals surface area contributed by atoms with Crippen molar-refractivity contribution in [1.29, 1.82) is 0 Å². The largest absolute Gasteiger partial charge is 0.310 e. The lowest BCUT2D eigenvalue weighted by molar-refractivity contribution is -0.385. The second-order valence-corrected chi connectivity index (χ2v) is 3.97. The molecular formula is C11H13FN2O2. The number of nitro benzene ring substituents is 1. The maximum absolute atomic E-state index is 13.6. The number of hydrogen-bond acceptors (Lipinski definition) is 3. The van der Waals surface area contributed by atoms with Gasteiger partial charge in [0, 0.05) is 23.7 Å². The van der Waals surface area contributed by atoms with Crippen LogP contribution < -0.4 is 5.32 Å². The summed E-state index contributed by atoms with van der Waals surface area (Å²) in [5.74, 6) is -0.370. The molecule has 0 saturated carbocycles. The molecule has 0 aromatic heterocycles. The molecule has 16 heavy (non-hydrogen) atoms. The molecule has 1 aliphatic rings. The van der Waals surface area contributed by atoms with Gasteiger partial charge in [-0.05, 0) is 25.5 Å². The van der Waals surface area contributed by atoms with Crippen LogP contribution in [-0.4, -0.2) is 11.5 Å². The first-order valence-corrected chi connectivity index (χ1v) is 5.35. The maximum Gasteiger partial charge on any atom is 0.269 e. The Bertz CT molecular complexity index is 403. The Morgan fingerprint density at radius 1 is 1.44 bits per heavy atom. The second kappa shape index (κ2) is 4.57. The molecule has 4 nitrogen and oxygen atoms in total. The number of hydrogen-bond donors (Lipinski definition) is 1. The van der Waals surface area contributed by atoms with E-state index in [1.54, 1.807) is 0 Å². The van der Waals surface area contributed by atoms with Crippen LogP contribution in [0.3, 0.4) is 0 Å². The van der Waals surface area contributed by atoms with Gasteiger partial charge in [-0.2, -0.15) is 0 Å². The van der Waals surface area contributed by atoms with Gasteiger partial charge >= 0.3 is 0 Å². The summed E-state index contributed by atoms with van der Waals surface area (Å²) in [7, 11) is 0. The van der Waals surface area contributed by atoms with E-state index in [1.165, 1.54) is 18.2 Å². The van der Waals surface area contributed by atoms with E-state index in [1.807, 2.05) is 0 Å². The molecule has 1 atom stereocenters. The predicted octanol–water partition coefficient (Wildman–Crippen LogP) is 2.55. The van der Waals surface area contributed by atoms with E-state index in [4.69, 9.17) is 0 Å². The predicted molar refractivity (Wildman–Crippen MR) is 57.6 cm³/mol. The fourth-order valence-electron chi connectivity index (χ4n) is 2.03. The summed E-state index contributed by atoms with van der Waals surface area (Å²) >= 11 is 0. The standard InChI is InChI=1S/C11H13FN2O2/c12-10-5-4-8(14(15)16)7-9(10)11-3-1-2-6-13-11/h4-5,7,11,13H,1-3,6H2. The van der Waals surface area contributed by atoms with E-state index in [-0.39, 0.29) is 17.5 Å². The van der Waals surface area contributed by atoms with E-state index < -0.39 is 4.92 Å². The molecule has 1 aromatic carbocycles. The lowest BCUT2D eigenvalue weighted by Crippen LogP contribution is -2.27. The van der Waals surface area contributed by atoms with Gasteiger partial charge < -0.3 is 5.32 Å². The molecule has 1 aromatic rings. The Kier molecular flexibility index (Phi) is 3.14. The van der Waals surface area contributed by atoms with Crippen molar-refractivity contribution in [3.63, 3.8) is 0 Å². The molecule has 1 saturated heterocycles. The van der Waals surface area contributed by atoms with Crippen LogP contribution in [0, 0.1) is 15.9 Å². The molecule has 0 spiro atoms. The van der Waals surface area contributed by atoms with Gasteiger partial charge in [-0.25, -0.2) is 4.39 Å². The second-order valence-electron chi connectivity index (χ2n) is 3.97. The van der Waals surface area contributed by atoms with Crippen molar-refractivity contribution in [2.75, 3.05) is 6.54 Å². The monoisotopic (exact) mass is 224 g/mol. The molecule has 0 radical (unpaired) electrons. The highest BCUT2D eigenvalue weighted by atomic mass is 19.1. The highest BCUT2D eigenvalue weighted by molar-refractivity contribution is 5.37. The van der Waals surface area contributed by atoms with Crippen LogP contribution in [0.15, 0.2) is 18.2 Å². The van der Waals surface area contributed by atoms with E-state index in [0.717, 1.165) is 25.8 Å². The summed E-state index contributed by atoms with van der Waals surface area (Å²) in [5.41, 5.74) is 0.359. The smallest absolute Gasteiger partial charge is 0.269 e. The summed E-state index contributed by atoms with van der Waals surface area (Å²) < 4.78 is 13.6. The molecule has 1 aliphatic heterocycles. The van der Waals surface area contributed by atoms with Crippen LogP contribution in [0.25, 0.3) is 0 Å². The lowest BCUT2D eigenvalue weighted by Gasteiger charge is -2.23. The third-order valence-corrected chi connectivity index (χ3v) is 2.88. The molecule has 1 unspecified atom stereocenters. The number of piperidine rings is 1. The minimum atomic E-state index is -0.494. The number of nitrogens with one attached hydrogen (secondary N) is 1. The molecule has 5 heteroatoms. The quantitative estimate of drug-likeness (QED) is 0.620. The number of halogens is 1. The van der Waals surface area contributed by atoms with Crippen molar-refractivity contribution in [3.8, 4) is 0 Å². The van der Waals surface area contributed by atoms with Crippen molar-refractivity contribution >= 4 is 5.69 Å². The number of nitro groups is 1. The third kappa shape index (κ3) is 2.19. The average Bonchev–Trinajstić information content (AvgIpc) is 2.30. The van der Waals surface area contributed by atoms with Crippen LogP contribution >= 0.6 is 0 Å². The molecule has 0 bridgehead atoms. The zero-order valence-corrected chi connectivity index (χ0v) is 8.78. The fraction of sp³-hybridized carbons (Fsp3) is 0.455. The SMILES string of the molecule is O=[N+]([O-])c1ccc(F)c(C2CCCCN2)c1. The first-order valence-electron chi connectivity index (χ1n) is 5.35. The first kappa shape index (κ1) is 11.0. The Hall–Kier alpha value is -1.49. The summed E-state index contributed by atoms with van der Waals surface area (Å²) in [5, 5.41) is 13.8. The van der Waals surface area contributed by atoms with E-state index >= 15 is 0 Å². The zero-order valence-electron chi connectivity index (χ0n) is 8.78. The first-order chi connectivity index (χ1) is 7.68. The highest BCUT2D eigenvalue weighted by Crippen LogP contribution is 2.27. The summed E-state index contributed by atoms with van der Waals surface area (Å²) in [6.07, 6.45) is 2.94. The van der Waals surface area contributed by atoms with Gasteiger partial charge in [0.2, 0.25) is 0 Å². The molecule has 1 fully saturated rings. The van der Waals surface area contributed by atoms with Crippen LogP contribution in [0.5, 0.6) is 0 Å². The van der Waals surface area contributed by atoms with Gasteiger partial charge in [0.15, 0.2) is 0 Å². The van der Waals surface area contributed by atoms with Crippen molar-refractivity contribution in [2.24, 2.45) is 0 Å². The van der Waals surface area contributed by atoms with Gasteiger partial charge in [-0.15, -0.1) is 0 Å². The number of non-ortho nitro benzene ring substituents is 1. The Labute approximate surface area is 92.6 Å². The summed E-state index contributed by atoms with van der Waals surface area (Å²) in [6, 6.07) is 3.61. The maximum atomic E-state index is 13.6. The van der Waals surface area contributed by atoms with Crippen molar-refractivity contribution < 1.29 is 9.31 Å². The Morgan fingerprint density at radius 3 is 2.88 bits per heavy atom. The molecular weight excluding hydrogens is 211 g/mol. The van der Waals surface area contributed by atoms with Crippen LogP contribution in [-0.2, 0) is 0 Å². The summed E-state index contributed by atoms with van der Waals surface area (Å²) in [6.45, 7) is 0.840. The Morgan fingerprint density at radius 2 is 2.25 bits per heavy atom. The van der Waals surface area contributed by atoms with Gasteiger partial charge in [0.05, 0.1) is 4.92 Å². The lowest BCUT2D eigenvalue weighted by atomic mass is 9.97. The number of benzene rings is 1. The van der Waals surface area contributed by atoms with Gasteiger partial charge in [0.25, 0.3) is 5.69 Å². The van der Waals surface area contributed by atoms with E-state index in [0.29, 0.717) is 5.56 Å². The van der Waals surface area contributed by atoms with Gasteiger partial charge in [-0.3, -0.25) is 10.1 Å². The minimum absolute atomic E-state index is 0.0521. The van der Waals surface area contributed by atoms with E-state index in [2.05, 4.69) is 5.32 Å². The van der Waals surface area contributed by atoms with Gasteiger partial charge in [-0.1, -0.05) is 6.42 Å². The zero-order chi connectivity index (χ0) is 11.5. The molecule has 86 valence electrons. The van der Waals surface area contributed by atoms with Crippen LogP contribution in [0.1, 0.15) is 30.9 Å². The molecule has 1 heterocycles. The van der Waals surface area contributed by atoms with Crippen LogP contribution in [0.2, 0.25) is 0 Å². The topological polar surface area (TPSA) is 55.2 Å².